The van der Waals surface area contributed by atoms with E-state index in [1.165, 1.54) is 12.1 Å². The van der Waals surface area contributed by atoms with Crippen LogP contribution < -0.4 is 0 Å². The zero-order valence-corrected chi connectivity index (χ0v) is 9.08. The minimum atomic E-state index is -0.593. The van der Waals surface area contributed by atoms with Gasteiger partial charge in [0, 0.05) is 6.07 Å². The number of benzene rings is 1. The summed E-state index contributed by atoms with van der Waals surface area (Å²) in [7, 11) is 0. The van der Waals surface area contributed by atoms with Gasteiger partial charge in [0.15, 0.2) is 0 Å². The molecule has 1 rings (SSSR count). The van der Waals surface area contributed by atoms with Gasteiger partial charge in [0.05, 0.1) is 11.0 Å². The summed E-state index contributed by atoms with van der Waals surface area (Å²) in [5.74, 6) is -0.501. The molecule has 0 spiro atoms. The Morgan fingerprint density at radius 3 is 2.40 bits per heavy atom. The van der Waals surface area contributed by atoms with E-state index < -0.39 is 10.7 Å². The molecule has 0 aliphatic rings. The summed E-state index contributed by atoms with van der Waals surface area (Å²) >= 11 is 0. The van der Waals surface area contributed by atoms with Crippen LogP contribution in [0.15, 0.2) is 18.2 Å². The summed E-state index contributed by atoms with van der Waals surface area (Å²) < 4.78 is 13.4. The molecule has 82 valence electrons. The molecule has 0 saturated carbocycles. The van der Waals surface area contributed by atoms with Crippen LogP contribution in [0.4, 0.5) is 10.1 Å². The van der Waals surface area contributed by atoms with Crippen LogP contribution in [0.5, 0.6) is 0 Å². The molecule has 0 bridgehead atoms. The molecule has 0 unspecified atom stereocenters. The molecular weight excluding hydrogens is 197 g/mol. The third-order valence-electron chi connectivity index (χ3n) is 1.97. The molecule has 1 aromatic rings. The van der Waals surface area contributed by atoms with Gasteiger partial charge in [0.25, 0.3) is 5.69 Å². The van der Waals surface area contributed by atoms with Crippen molar-refractivity contribution in [1.29, 1.82) is 0 Å². The van der Waals surface area contributed by atoms with E-state index in [0.717, 1.165) is 6.07 Å². The first-order chi connectivity index (χ1) is 6.79. The molecule has 0 N–H and O–H groups in total. The first kappa shape index (κ1) is 11.6. The highest BCUT2D eigenvalue weighted by atomic mass is 19.1. The Morgan fingerprint density at radius 1 is 1.40 bits per heavy atom. The van der Waals surface area contributed by atoms with Crippen molar-refractivity contribution in [3.05, 3.63) is 39.7 Å². The molecule has 0 amide bonds. The lowest BCUT2D eigenvalue weighted by Crippen LogP contribution is -2.10. The quantitative estimate of drug-likeness (QED) is 0.556. The van der Waals surface area contributed by atoms with Gasteiger partial charge in [-0.15, -0.1) is 0 Å². The van der Waals surface area contributed by atoms with Gasteiger partial charge in [-0.1, -0.05) is 20.8 Å². The second-order valence-electron chi connectivity index (χ2n) is 4.77. The van der Waals surface area contributed by atoms with E-state index in [0.29, 0.717) is 12.0 Å². The number of nitrogens with zero attached hydrogens (tertiary/aromatic N) is 1. The monoisotopic (exact) mass is 211 g/mol. The lowest BCUT2D eigenvalue weighted by Gasteiger charge is -2.18. The van der Waals surface area contributed by atoms with E-state index >= 15 is 0 Å². The van der Waals surface area contributed by atoms with E-state index in [2.05, 4.69) is 0 Å². The van der Waals surface area contributed by atoms with Gasteiger partial charge in [-0.3, -0.25) is 10.1 Å². The number of non-ortho nitro benzene ring substituents is 1. The second-order valence-corrected chi connectivity index (χ2v) is 4.77. The topological polar surface area (TPSA) is 43.1 Å². The molecular formula is C11H14FNO2. The standard InChI is InChI=1S/C11H14FNO2/c1-11(2,3)7-8-4-5-9(13(14)15)6-10(8)12/h4-6H,7H2,1-3H3. The zero-order chi connectivity index (χ0) is 11.6. The highest BCUT2D eigenvalue weighted by molar-refractivity contribution is 5.34. The third kappa shape index (κ3) is 3.31. The lowest BCUT2D eigenvalue weighted by atomic mass is 9.88. The normalized spacial score (nSPS) is 11.5. The molecule has 1 aromatic carbocycles. The Morgan fingerprint density at radius 2 is 2.00 bits per heavy atom. The summed E-state index contributed by atoms with van der Waals surface area (Å²) in [4.78, 5) is 9.80. The van der Waals surface area contributed by atoms with Gasteiger partial charge < -0.3 is 0 Å². The van der Waals surface area contributed by atoms with E-state index in [4.69, 9.17) is 0 Å². The molecule has 0 aliphatic carbocycles. The van der Waals surface area contributed by atoms with E-state index in [-0.39, 0.29) is 11.1 Å². The zero-order valence-electron chi connectivity index (χ0n) is 9.08. The number of nitro groups is 1. The molecule has 0 aliphatic heterocycles. The van der Waals surface area contributed by atoms with Crippen molar-refractivity contribution in [3.8, 4) is 0 Å². The van der Waals surface area contributed by atoms with Crippen LogP contribution in [0.1, 0.15) is 26.3 Å². The van der Waals surface area contributed by atoms with Crippen LogP contribution >= 0.6 is 0 Å². The second kappa shape index (κ2) is 3.96. The molecule has 0 heterocycles. The van der Waals surface area contributed by atoms with Crippen LogP contribution in [-0.4, -0.2) is 4.92 Å². The van der Waals surface area contributed by atoms with Crippen molar-refractivity contribution >= 4 is 5.69 Å². The first-order valence-corrected chi connectivity index (χ1v) is 4.72. The third-order valence-corrected chi connectivity index (χ3v) is 1.97. The average molecular weight is 211 g/mol. The fourth-order valence-corrected chi connectivity index (χ4v) is 1.36. The lowest BCUT2D eigenvalue weighted by molar-refractivity contribution is -0.385. The largest absolute Gasteiger partial charge is 0.272 e. The van der Waals surface area contributed by atoms with Crippen molar-refractivity contribution in [2.24, 2.45) is 5.41 Å². The smallest absolute Gasteiger partial charge is 0.258 e. The van der Waals surface area contributed by atoms with Crippen LogP contribution in [0, 0.1) is 21.3 Å². The summed E-state index contributed by atoms with van der Waals surface area (Å²) in [5.41, 5.74) is 0.287. The maximum absolute atomic E-state index is 13.4. The molecule has 4 heteroatoms. The highest BCUT2D eigenvalue weighted by Gasteiger charge is 2.16. The van der Waals surface area contributed by atoms with E-state index in [9.17, 15) is 14.5 Å². The van der Waals surface area contributed by atoms with Gasteiger partial charge in [-0.25, -0.2) is 4.39 Å². The minimum absolute atomic E-state index is 0.0308. The van der Waals surface area contributed by atoms with Gasteiger partial charge in [0.1, 0.15) is 5.82 Å². The van der Waals surface area contributed by atoms with Gasteiger partial charge in [-0.05, 0) is 23.5 Å². The highest BCUT2D eigenvalue weighted by Crippen LogP contribution is 2.24. The van der Waals surface area contributed by atoms with Crippen LogP contribution in [-0.2, 0) is 6.42 Å². The fourth-order valence-electron chi connectivity index (χ4n) is 1.36. The van der Waals surface area contributed by atoms with E-state index in [1.54, 1.807) is 0 Å². The Hall–Kier alpha value is -1.45. The minimum Gasteiger partial charge on any atom is -0.258 e. The summed E-state index contributed by atoms with van der Waals surface area (Å²) in [6.45, 7) is 5.98. The number of halogens is 1. The molecule has 0 radical (unpaired) electrons. The Balaban J connectivity index is 2.99. The first-order valence-electron chi connectivity index (χ1n) is 4.72. The molecule has 0 saturated heterocycles. The van der Waals surface area contributed by atoms with Crippen molar-refractivity contribution < 1.29 is 9.31 Å². The molecule has 15 heavy (non-hydrogen) atoms. The van der Waals surface area contributed by atoms with Gasteiger partial charge in [0.2, 0.25) is 0 Å². The summed E-state index contributed by atoms with van der Waals surface area (Å²) in [6.07, 6.45) is 0.566. The van der Waals surface area contributed by atoms with Crippen LogP contribution in [0.25, 0.3) is 0 Å². The summed E-state index contributed by atoms with van der Waals surface area (Å²) in [5, 5.41) is 10.4. The predicted molar refractivity (Wildman–Crippen MR) is 56.2 cm³/mol. The average Bonchev–Trinajstić information content (AvgIpc) is 2.05. The van der Waals surface area contributed by atoms with Crippen molar-refractivity contribution in [3.63, 3.8) is 0 Å². The number of rotatable bonds is 2. The molecule has 3 nitrogen and oxygen atoms in total. The number of hydrogen-bond acceptors (Lipinski definition) is 2. The van der Waals surface area contributed by atoms with Crippen molar-refractivity contribution in [1.82, 2.24) is 0 Å². The van der Waals surface area contributed by atoms with Crippen LogP contribution in [0.2, 0.25) is 0 Å². The van der Waals surface area contributed by atoms with Crippen LogP contribution in [0.3, 0.4) is 0 Å². The maximum atomic E-state index is 13.4. The Bertz CT molecular complexity index is 383. The Labute approximate surface area is 88.1 Å². The van der Waals surface area contributed by atoms with Crippen molar-refractivity contribution in [2.75, 3.05) is 0 Å². The van der Waals surface area contributed by atoms with E-state index in [1.807, 2.05) is 20.8 Å². The van der Waals surface area contributed by atoms with Gasteiger partial charge >= 0.3 is 0 Å². The van der Waals surface area contributed by atoms with Gasteiger partial charge in [-0.2, -0.15) is 0 Å². The fraction of sp³-hybridized carbons (Fsp3) is 0.455. The molecule has 0 atom stereocenters. The number of nitro benzene ring substituents is 1. The SMILES string of the molecule is CC(C)(C)Cc1ccc([N+](=O)[O-])cc1F. The predicted octanol–water partition coefficient (Wildman–Crippen LogP) is 3.32. The maximum Gasteiger partial charge on any atom is 0.272 e. The summed E-state index contributed by atoms with van der Waals surface area (Å²) in [6, 6.07) is 3.80. The molecule has 0 fully saturated rings. The Kier molecular flexibility index (Phi) is 3.07. The molecule has 0 aromatic heterocycles. The van der Waals surface area contributed by atoms with Crippen molar-refractivity contribution in [2.45, 2.75) is 27.2 Å². The number of hydrogen-bond donors (Lipinski definition) is 0.